The van der Waals surface area contributed by atoms with Crippen molar-refractivity contribution in [3.8, 4) is 5.75 Å². The number of aromatic nitrogens is 2. The molecule has 0 spiro atoms. The normalized spacial score (nSPS) is 9.88. The number of ether oxygens (including phenoxy) is 1. The molecular formula is C12H10N2O3. The number of rotatable bonds is 4. The van der Waals surface area contributed by atoms with Gasteiger partial charge in [-0.1, -0.05) is 18.2 Å². The van der Waals surface area contributed by atoms with Crippen molar-refractivity contribution in [3.63, 3.8) is 0 Å². The number of hydrogen-bond donors (Lipinski definition) is 1. The number of aromatic carboxylic acids is 1. The summed E-state index contributed by atoms with van der Waals surface area (Å²) in [5.74, 6) is -0.357. The summed E-state index contributed by atoms with van der Waals surface area (Å²) >= 11 is 0. The van der Waals surface area contributed by atoms with Crippen LogP contribution in [0.5, 0.6) is 5.75 Å². The highest BCUT2D eigenvalue weighted by Gasteiger charge is 2.04. The van der Waals surface area contributed by atoms with Gasteiger partial charge in [-0.2, -0.15) is 0 Å². The SMILES string of the molecule is O=C(O)c1cnc(COc2ccccc2)cn1. The summed E-state index contributed by atoms with van der Waals surface area (Å²) in [6.45, 7) is 0.261. The fourth-order valence-electron chi connectivity index (χ4n) is 1.21. The predicted molar refractivity (Wildman–Crippen MR) is 59.8 cm³/mol. The van der Waals surface area contributed by atoms with Crippen molar-refractivity contribution in [1.82, 2.24) is 9.97 Å². The summed E-state index contributed by atoms with van der Waals surface area (Å²) in [5, 5.41) is 8.65. The molecule has 5 nitrogen and oxygen atoms in total. The Hall–Kier alpha value is -2.43. The van der Waals surface area contributed by atoms with Crippen molar-refractivity contribution >= 4 is 5.97 Å². The van der Waals surface area contributed by atoms with Crippen LogP contribution in [0.25, 0.3) is 0 Å². The quantitative estimate of drug-likeness (QED) is 0.866. The minimum absolute atomic E-state index is 0.0755. The van der Waals surface area contributed by atoms with Crippen molar-refractivity contribution < 1.29 is 14.6 Å². The second-order valence-electron chi connectivity index (χ2n) is 3.30. The van der Waals surface area contributed by atoms with Gasteiger partial charge in [-0.3, -0.25) is 4.98 Å². The lowest BCUT2D eigenvalue weighted by Crippen LogP contribution is -2.04. The number of carbonyl (C=O) groups is 1. The summed E-state index contributed by atoms with van der Waals surface area (Å²) in [6.07, 6.45) is 2.61. The van der Waals surface area contributed by atoms with Crippen LogP contribution in [0.2, 0.25) is 0 Å². The standard InChI is InChI=1S/C12H10N2O3/c15-12(16)11-7-13-9(6-14-11)8-17-10-4-2-1-3-5-10/h1-7H,8H2,(H,15,16). The zero-order valence-corrected chi connectivity index (χ0v) is 8.91. The van der Waals surface area contributed by atoms with Crippen molar-refractivity contribution in [3.05, 3.63) is 54.1 Å². The van der Waals surface area contributed by atoms with Crippen LogP contribution in [0.15, 0.2) is 42.7 Å². The van der Waals surface area contributed by atoms with Gasteiger partial charge in [0, 0.05) is 0 Å². The maximum absolute atomic E-state index is 10.6. The van der Waals surface area contributed by atoms with Crippen molar-refractivity contribution in [1.29, 1.82) is 0 Å². The monoisotopic (exact) mass is 230 g/mol. The van der Waals surface area contributed by atoms with E-state index in [4.69, 9.17) is 9.84 Å². The molecule has 2 rings (SSSR count). The molecule has 2 aromatic rings. The van der Waals surface area contributed by atoms with Gasteiger partial charge in [-0.15, -0.1) is 0 Å². The Morgan fingerprint density at radius 3 is 2.53 bits per heavy atom. The molecule has 0 aliphatic carbocycles. The van der Waals surface area contributed by atoms with E-state index in [1.54, 1.807) is 0 Å². The molecule has 0 amide bonds. The van der Waals surface area contributed by atoms with Crippen LogP contribution in [-0.2, 0) is 6.61 Å². The maximum atomic E-state index is 10.6. The van der Waals surface area contributed by atoms with E-state index >= 15 is 0 Å². The van der Waals surface area contributed by atoms with Gasteiger partial charge in [-0.25, -0.2) is 9.78 Å². The molecule has 0 unspecified atom stereocenters. The van der Waals surface area contributed by atoms with E-state index in [-0.39, 0.29) is 12.3 Å². The van der Waals surface area contributed by atoms with E-state index in [1.807, 2.05) is 30.3 Å². The van der Waals surface area contributed by atoms with E-state index in [9.17, 15) is 4.79 Å². The summed E-state index contributed by atoms with van der Waals surface area (Å²) in [4.78, 5) is 18.3. The molecule has 0 bridgehead atoms. The average molecular weight is 230 g/mol. The second-order valence-corrected chi connectivity index (χ2v) is 3.30. The number of carboxylic acid groups (broad SMARTS) is 1. The highest BCUT2D eigenvalue weighted by Crippen LogP contribution is 2.10. The number of carboxylic acids is 1. The Balaban J connectivity index is 1.98. The largest absolute Gasteiger partial charge is 0.487 e. The van der Waals surface area contributed by atoms with Gasteiger partial charge < -0.3 is 9.84 Å². The fourth-order valence-corrected chi connectivity index (χ4v) is 1.21. The molecule has 0 aliphatic heterocycles. The Labute approximate surface area is 97.7 Å². The maximum Gasteiger partial charge on any atom is 0.356 e. The van der Waals surface area contributed by atoms with Crippen LogP contribution in [0.4, 0.5) is 0 Å². The Kier molecular flexibility index (Phi) is 3.30. The molecule has 0 fully saturated rings. The Morgan fingerprint density at radius 1 is 1.18 bits per heavy atom. The zero-order valence-electron chi connectivity index (χ0n) is 8.91. The number of benzene rings is 1. The lowest BCUT2D eigenvalue weighted by atomic mass is 10.3. The minimum atomic E-state index is -1.09. The molecule has 17 heavy (non-hydrogen) atoms. The third-order valence-corrected chi connectivity index (χ3v) is 2.05. The molecule has 0 aliphatic rings. The van der Waals surface area contributed by atoms with Gasteiger partial charge in [-0.05, 0) is 12.1 Å². The first-order valence-corrected chi connectivity index (χ1v) is 4.98. The van der Waals surface area contributed by atoms with Gasteiger partial charge >= 0.3 is 5.97 Å². The van der Waals surface area contributed by atoms with Gasteiger partial charge in [0.25, 0.3) is 0 Å². The van der Waals surface area contributed by atoms with E-state index in [0.717, 1.165) is 5.75 Å². The lowest BCUT2D eigenvalue weighted by Gasteiger charge is -2.04. The number of hydrogen-bond acceptors (Lipinski definition) is 4. The third-order valence-electron chi connectivity index (χ3n) is 2.05. The second kappa shape index (κ2) is 5.07. The van der Waals surface area contributed by atoms with Gasteiger partial charge in [0.15, 0.2) is 5.69 Å². The highest BCUT2D eigenvalue weighted by molar-refractivity contribution is 5.84. The Morgan fingerprint density at radius 2 is 1.94 bits per heavy atom. The molecule has 0 saturated heterocycles. The summed E-state index contributed by atoms with van der Waals surface area (Å²) in [6, 6.07) is 9.30. The molecule has 1 heterocycles. The first-order chi connectivity index (χ1) is 8.25. The topological polar surface area (TPSA) is 72.3 Å². The fraction of sp³-hybridized carbons (Fsp3) is 0.0833. The minimum Gasteiger partial charge on any atom is -0.487 e. The van der Waals surface area contributed by atoms with Crippen LogP contribution in [0.3, 0.4) is 0 Å². The molecule has 1 aromatic heterocycles. The van der Waals surface area contributed by atoms with Crippen molar-refractivity contribution in [2.24, 2.45) is 0 Å². The summed E-state index contributed by atoms with van der Waals surface area (Å²) < 4.78 is 5.44. The summed E-state index contributed by atoms with van der Waals surface area (Å²) in [7, 11) is 0. The van der Waals surface area contributed by atoms with E-state index in [2.05, 4.69) is 9.97 Å². The molecular weight excluding hydrogens is 220 g/mol. The highest BCUT2D eigenvalue weighted by atomic mass is 16.5. The average Bonchev–Trinajstić information content (AvgIpc) is 2.38. The van der Waals surface area contributed by atoms with Gasteiger partial charge in [0.2, 0.25) is 0 Å². The first kappa shape index (κ1) is 11.1. The summed E-state index contributed by atoms with van der Waals surface area (Å²) in [5.41, 5.74) is 0.507. The molecule has 5 heteroatoms. The Bertz CT molecular complexity index is 497. The van der Waals surface area contributed by atoms with Crippen LogP contribution in [0, 0.1) is 0 Å². The molecule has 0 saturated carbocycles. The predicted octanol–water partition coefficient (Wildman–Crippen LogP) is 1.75. The van der Waals surface area contributed by atoms with Crippen LogP contribution in [0.1, 0.15) is 16.2 Å². The van der Waals surface area contributed by atoms with Crippen molar-refractivity contribution in [2.45, 2.75) is 6.61 Å². The molecule has 1 aromatic carbocycles. The third kappa shape index (κ3) is 3.01. The zero-order chi connectivity index (χ0) is 12.1. The van der Waals surface area contributed by atoms with Crippen molar-refractivity contribution in [2.75, 3.05) is 0 Å². The van der Waals surface area contributed by atoms with Crippen LogP contribution < -0.4 is 4.74 Å². The molecule has 0 radical (unpaired) electrons. The van der Waals surface area contributed by atoms with Crippen LogP contribution in [-0.4, -0.2) is 21.0 Å². The first-order valence-electron chi connectivity index (χ1n) is 4.98. The molecule has 1 N–H and O–H groups in total. The van der Waals surface area contributed by atoms with Gasteiger partial charge in [0.05, 0.1) is 18.1 Å². The van der Waals surface area contributed by atoms with Crippen LogP contribution >= 0.6 is 0 Å². The van der Waals surface area contributed by atoms with E-state index in [0.29, 0.717) is 5.69 Å². The smallest absolute Gasteiger partial charge is 0.356 e. The van der Waals surface area contributed by atoms with Gasteiger partial charge in [0.1, 0.15) is 12.4 Å². The molecule has 0 atom stereocenters. The van der Waals surface area contributed by atoms with E-state index in [1.165, 1.54) is 12.4 Å². The number of para-hydroxylation sites is 1. The lowest BCUT2D eigenvalue weighted by molar-refractivity contribution is 0.0690. The number of nitrogens with zero attached hydrogens (tertiary/aromatic N) is 2. The molecule has 86 valence electrons. The van der Waals surface area contributed by atoms with E-state index < -0.39 is 5.97 Å².